The summed E-state index contributed by atoms with van der Waals surface area (Å²) in [5, 5.41) is 10.0. The minimum atomic E-state index is -0.175. The summed E-state index contributed by atoms with van der Waals surface area (Å²) >= 11 is 0. The highest BCUT2D eigenvalue weighted by molar-refractivity contribution is 5.94. The number of nitrogens with zero attached hydrogens (tertiary/aromatic N) is 1. The number of H-pyrrole nitrogens is 1. The number of aryl methyl sites for hydroxylation is 1. The van der Waals surface area contributed by atoms with Gasteiger partial charge >= 0.3 is 0 Å². The van der Waals surface area contributed by atoms with E-state index in [0.29, 0.717) is 42.7 Å². The van der Waals surface area contributed by atoms with Crippen molar-refractivity contribution in [1.29, 1.82) is 0 Å². The fourth-order valence-electron chi connectivity index (χ4n) is 3.21. The molecule has 2 N–H and O–H groups in total. The zero-order valence-corrected chi connectivity index (χ0v) is 13.5. The van der Waals surface area contributed by atoms with Crippen LogP contribution < -0.4 is 19.5 Å². The maximum absolute atomic E-state index is 12.4. The molecule has 0 fully saturated rings. The van der Waals surface area contributed by atoms with Crippen molar-refractivity contribution in [3.63, 3.8) is 0 Å². The molecular weight excluding hydrogens is 310 g/mol. The van der Waals surface area contributed by atoms with Gasteiger partial charge in [-0.25, -0.2) is 0 Å². The first kappa shape index (κ1) is 14.9. The molecule has 126 valence electrons. The number of benzene rings is 1. The Hall–Kier alpha value is -2.70. The van der Waals surface area contributed by atoms with Crippen molar-refractivity contribution in [3.8, 4) is 17.2 Å². The van der Waals surface area contributed by atoms with Gasteiger partial charge in [-0.15, -0.1) is 0 Å². The van der Waals surface area contributed by atoms with Gasteiger partial charge in [0.1, 0.15) is 19.0 Å². The van der Waals surface area contributed by atoms with Crippen LogP contribution in [0.3, 0.4) is 0 Å². The summed E-state index contributed by atoms with van der Waals surface area (Å²) in [7, 11) is 1.59. The highest BCUT2D eigenvalue weighted by atomic mass is 16.6. The van der Waals surface area contributed by atoms with Crippen molar-refractivity contribution in [2.75, 3.05) is 20.3 Å². The topological polar surface area (TPSA) is 85.5 Å². The molecule has 0 bridgehead atoms. The van der Waals surface area contributed by atoms with Crippen LogP contribution >= 0.6 is 0 Å². The summed E-state index contributed by atoms with van der Waals surface area (Å²) in [5.41, 5.74) is 3.46. The molecule has 2 aliphatic rings. The first-order valence-electron chi connectivity index (χ1n) is 8.07. The summed E-state index contributed by atoms with van der Waals surface area (Å²) in [6, 6.07) is 3.64. The van der Waals surface area contributed by atoms with Crippen molar-refractivity contribution in [1.82, 2.24) is 15.5 Å². The van der Waals surface area contributed by atoms with E-state index in [1.165, 1.54) is 0 Å². The largest absolute Gasteiger partial charge is 0.496 e. The van der Waals surface area contributed by atoms with E-state index in [1.807, 2.05) is 6.07 Å². The van der Waals surface area contributed by atoms with Crippen LogP contribution in [0, 0.1) is 0 Å². The number of hydrogen-bond acceptors (Lipinski definition) is 5. The lowest BCUT2D eigenvalue weighted by atomic mass is 10.1. The summed E-state index contributed by atoms with van der Waals surface area (Å²) in [6.45, 7) is 1.38. The number of fused-ring (bicyclic) bond motifs is 2. The summed E-state index contributed by atoms with van der Waals surface area (Å²) in [5.74, 6) is 1.82. The van der Waals surface area contributed by atoms with E-state index in [9.17, 15) is 4.79 Å². The molecule has 1 amide bonds. The third kappa shape index (κ3) is 2.55. The molecule has 4 rings (SSSR count). The van der Waals surface area contributed by atoms with Crippen molar-refractivity contribution >= 4 is 5.91 Å². The summed E-state index contributed by atoms with van der Waals surface area (Å²) in [6.07, 6.45) is 2.94. The molecule has 0 radical (unpaired) electrons. The van der Waals surface area contributed by atoms with Crippen LogP contribution in [0.5, 0.6) is 17.2 Å². The van der Waals surface area contributed by atoms with Crippen LogP contribution in [0.25, 0.3) is 0 Å². The Morgan fingerprint density at radius 1 is 1.29 bits per heavy atom. The van der Waals surface area contributed by atoms with Gasteiger partial charge in [-0.1, -0.05) is 0 Å². The van der Waals surface area contributed by atoms with Gasteiger partial charge in [-0.2, -0.15) is 5.10 Å². The third-order valence-corrected chi connectivity index (χ3v) is 4.41. The van der Waals surface area contributed by atoms with Gasteiger partial charge in [0, 0.05) is 29.4 Å². The van der Waals surface area contributed by atoms with Crippen LogP contribution in [0.15, 0.2) is 12.1 Å². The van der Waals surface area contributed by atoms with Crippen LogP contribution in [0.4, 0.5) is 0 Å². The van der Waals surface area contributed by atoms with E-state index in [4.69, 9.17) is 14.2 Å². The molecule has 0 atom stereocenters. The predicted octanol–water partition coefficient (Wildman–Crippen LogP) is 1.61. The highest BCUT2D eigenvalue weighted by Gasteiger charge is 2.23. The molecule has 1 aromatic carbocycles. The Morgan fingerprint density at radius 2 is 2.08 bits per heavy atom. The molecule has 1 aromatic heterocycles. The Labute approximate surface area is 139 Å². The molecule has 7 heteroatoms. The molecule has 2 aromatic rings. The SMILES string of the molecule is COc1cc2c(cc1CNC(=O)c1n[nH]c3c1CCC3)OCCO2. The number of amides is 1. The van der Waals surface area contributed by atoms with Crippen LogP contribution in [-0.2, 0) is 19.4 Å². The molecule has 0 saturated heterocycles. The summed E-state index contributed by atoms with van der Waals surface area (Å²) < 4.78 is 16.5. The van der Waals surface area contributed by atoms with E-state index in [-0.39, 0.29) is 5.91 Å². The standard InChI is InChI=1S/C17H19N3O4/c1-22-13-8-15-14(23-5-6-24-15)7-10(13)9-18-17(21)16-11-3-2-4-12(11)19-20-16/h7-8H,2-6,9H2,1H3,(H,18,21)(H,19,20). The molecule has 0 unspecified atom stereocenters. The van der Waals surface area contributed by atoms with Crippen molar-refractivity contribution in [2.45, 2.75) is 25.8 Å². The number of nitrogens with one attached hydrogen (secondary N) is 2. The number of ether oxygens (including phenoxy) is 3. The zero-order valence-electron chi connectivity index (χ0n) is 13.5. The van der Waals surface area contributed by atoms with Crippen molar-refractivity contribution in [2.24, 2.45) is 0 Å². The molecule has 2 heterocycles. The molecule has 7 nitrogen and oxygen atoms in total. The zero-order chi connectivity index (χ0) is 16.5. The lowest BCUT2D eigenvalue weighted by molar-refractivity contribution is 0.0944. The van der Waals surface area contributed by atoms with Gasteiger partial charge in [-0.05, 0) is 25.3 Å². The molecule has 0 saturated carbocycles. The Kier molecular flexibility index (Phi) is 3.76. The monoisotopic (exact) mass is 329 g/mol. The fraction of sp³-hybridized carbons (Fsp3) is 0.412. The second kappa shape index (κ2) is 6.07. The van der Waals surface area contributed by atoms with Crippen LogP contribution in [-0.4, -0.2) is 36.4 Å². The molecule has 1 aliphatic carbocycles. The van der Waals surface area contributed by atoms with Gasteiger partial charge in [0.25, 0.3) is 5.91 Å². The van der Waals surface area contributed by atoms with Gasteiger partial charge in [-0.3, -0.25) is 9.89 Å². The van der Waals surface area contributed by atoms with E-state index >= 15 is 0 Å². The molecule has 0 spiro atoms. The predicted molar refractivity (Wildman–Crippen MR) is 85.8 cm³/mol. The Bertz CT molecular complexity index is 784. The average Bonchev–Trinajstić information content (AvgIpc) is 3.22. The lowest BCUT2D eigenvalue weighted by Crippen LogP contribution is -2.24. The fourth-order valence-corrected chi connectivity index (χ4v) is 3.21. The van der Waals surface area contributed by atoms with Gasteiger partial charge in [0.2, 0.25) is 0 Å². The first-order valence-corrected chi connectivity index (χ1v) is 8.07. The van der Waals surface area contributed by atoms with Gasteiger partial charge in [0.15, 0.2) is 17.2 Å². The molecule has 1 aliphatic heterocycles. The molecule has 24 heavy (non-hydrogen) atoms. The number of aromatic nitrogens is 2. The number of methoxy groups -OCH3 is 1. The number of carbonyl (C=O) groups is 1. The first-order chi connectivity index (χ1) is 11.8. The van der Waals surface area contributed by atoms with Crippen molar-refractivity contribution in [3.05, 3.63) is 34.6 Å². The number of carbonyl (C=O) groups excluding carboxylic acids is 1. The smallest absolute Gasteiger partial charge is 0.272 e. The maximum atomic E-state index is 12.4. The van der Waals surface area contributed by atoms with Gasteiger partial charge in [0.05, 0.1) is 7.11 Å². The third-order valence-electron chi connectivity index (χ3n) is 4.41. The van der Waals surface area contributed by atoms with Gasteiger partial charge < -0.3 is 19.5 Å². The summed E-state index contributed by atoms with van der Waals surface area (Å²) in [4.78, 5) is 12.4. The van der Waals surface area contributed by atoms with E-state index < -0.39 is 0 Å². The van der Waals surface area contributed by atoms with Crippen LogP contribution in [0.2, 0.25) is 0 Å². The van der Waals surface area contributed by atoms with E-state index in [0.717, 1.165) is 36.1 Å². The van der Waals surface area contributed by atoms with Crippen molar-refractivity contribution < 1.29 is 19.0 Å². The quantitative estimate of drug-likeness (QED) is 0.890. The Balaban J connectivity index is 1.51. The average molecular weight is 329 g/mol. The number of hydrogen-bond donors (Lipinski definition) is 2. The minimum absolute atomic E-state index is 0.175. The van der Waals surface area contributed by atoms with Crippen LogP contribution in [0.1, 0.15) is 33.7 Å². The minimum Gasteiger partial charge on any atom is -0.496 e. The normalized spacial score (nSPS) is 15.0. The Morgan fingerprint density at radius 3 is 2.88 bits per heavy atom. The number of aromatic amines is 1. The highest BCUT2D eigenvalue weighted by Crippen LogP contribution is 2.36. The second-order valence-electron chi connectivity index (χ2n) is 5.87. The molecular formula is C17H19N3O4. The van der Waals surface area contributed by atoms with E-state index in [2.05, 4.69) is 15.5 Å². The van der Waals surface area contributed by atoms with E-state index in [1.54, 1.807) is 13.2 Å². The maximum Gasteiger partial charge on any atom is 0.272 e. The second-order valence-corrected chi connectivity index (χ2v) is 5.87. The lowest BCUT2D eigenvalue weighted by Gasteiger charge is -2.20. The number of rotatable bonds is 4.